The molecule has 0 aliphatic rings. The minimum Gasteiger partial charge on any atom is -0.397 e. The van der Waals surface area contributed by atoms with Gasteiger partial charge in [0.15, 0.2) is 0 Å². The van der Waals surface area contributed by atoms with E-state index in [9.17, 15) is 0 Å². The predicted octanol–water partition coefficient (Wildman–Crippen LogP) is 1.03. The zero-order chi connectivity index (χ0) is 8.97. The molecule has 1 aromatic rings. The number of nitrogens with two attached hydrogens (primary N) is 2. The lowest BCUT2D eigenvalue weighted by Gasteiger charge is -2.02. The highest BCUT2D eigenvalue weighted by molar-refractivity contribution is 5.61. The predicted molar refractivity (Wildman–Crippen MR) is 51.4 cm³/mol. The lowest BCUT2D eigenvalue weighted by Crippen LogP contribution is -2.00. The summed E-state index contributed by atoms with van der Waals surface area (Å²) in [6.07, 6.45) is 2.40. The van der Waals surface area contributed by atoms with E-state index in [-0.39, 0.29) is 0 Å². The highest BCUT2D eigenvalue weighted by atomic mass is 14.7. The third kappa shape index (κ3) is 2.07. The highest BCUT2D eigenvalue weighted by Crippen LogP contribution is 2.13. The van der Waals surface area contributed by atoms with Crippen molar-refractivity contribution in [2.75, 3.05) is 12.3 Å². The highest BCUT2D eigenvalue weighted by Gasteiger charge is 1.97. The molecule has 0 fully saturated rings. The first-order valence-corrected chi connectivity index (χ1v) is 3.84. The second-order valence-electron chi connectivity index (χ2n) is 2.62. The van der Waals surface area contributed by atoms with Crippen LogP contribution in [0.15, 0.2) is 24.9 Å². The number of rotatable bonds is 3. The molecule has 0 atom stereocenters. The van der Waals surface area contributed by atoms with Gasteiger partial charge in [0.05, 0.1) is 17.6 Å². The molecule has 4 N–H and O–H groups in total. The van der Waals surface area contributed by atoms with Crippen LogP contribution < -0.4 is 11.5 Å². The number of nitrogens with zero attached hydrogens (tertiary/aromatic N) is 1. The van der Waals surface area contributed by atoms with Gasteiger partial charge < -0.3 is 11.5 Å². The Kier molecular flexibility index (Phi) is 2.82. The zero-order valence-corrected chi connectivity index (χ0v) is 6.96. The van der Waals surface area contributed by atoms with Crippen LogP contribution in [0.5, 0.6) is 0 Å². The first kappa shape index (κ1) is 8.74. The van der Waals surface area contributed by atoms with Crippen LogP contribution in [0.3, 0.4) is 0 Å². The van der Waals surface area contributed by atoms with Gasteiger partial charge in [-0.05, 0) is 30.7 Å². The fourth-order valence-corrected chi connectivity index (χ4v) is 0.917. The molecule has 0 aliphatic heterocycles. The summed E-state index contributed by atoms with van der Waals surface area (Å²) in [4.78, 5) is 4.12. The van der Waals surface area contributed by atoms with Crippen LogP contribution in [0.1, 0.15) is 12.1 Å². The van der Waals surface area contributed by atoms with Crippen LogP contribution in [0.25, 0.3) is 5.57 Å². The monoisotopic (exact) mass is 163 g/mol. The normalized spacial score (nSPS) is 9.75. The van der Waals surface area contributed by atoms with E-state index >= 15 is 0 Å². The Labute approximate surface area is 72.1 Å². The average molecular weight is 163 g/mol. The lowest BCUT2D eigenvalue weighted by molar-refractivity contribution is 1.01. The van der Waals surface area contributed by atoms with E-state index < -0.39 is 0 Å². The summed E-state index contributed by atoms with van der Waals surface area (Å²) in [6.45, 7) is 4.46. The van der Waals surface area contributed by atoms with Gasteiger partial charge in [-0.1, -0.05) is 6.58 Å². The quantitative estimate of drug-likeness (QED) is 0.699. The van der Waals surface area contributed by atoms with Crippen LogP contribution >= 0.6 is 0 Å². The molecule has 0 saturated carbocycles. The first-order valence-electron chi connectivity index (χ1n) is 3.84. The van der Waals surface area contributed by atoms with E-state index in [1.165, 1.54) is 0 Å². The number of hydrogen-bond donors (Lipinski definition) is 2. The largest absolute Gasteiger partial charge is 0.397 e. The summed E-state index contributed by atoms with van der Waals surface area (Å²) < 4.78 is 0. The number of hydrogen-bond acceptors (Lipinski definition) is 3. The Balaban J connectivity index is 2.75. The third-order valence-corrected chi connectivity index (χ3v) is 1.59. The Morgan fingerprint density at radius 2 is 2.25 bits per heavy atom. The van der Waals surface area contributed by atoms with Crippen LogP contribution in [-0.2, 0) is 0 Å². The van der Waals surface area contributed by atoms with Gasteiger partial charge in [0.25, 0.3) is 0 Å². The Morgan fingerprint density at radius 3 is 2.75 bits per heavy atom. The molecule has 0 aliphatic carbocycles. The molecule has 0 amide bonds. The molecule has 0 saturated heterocycles. The molecule has 3 heteroatoms. The molecule has 64 valence electrons. The summed E-state index contributed by atoms with van der Waals surface area (Å²) >= 11 is 0. The van der Waals surface area contributed by atoms with Gasteiger partial charge in [-0.2, -0.15) is 0 Å². The smallest absolute Gasteiger partial charge is 0.0657 e. The third-order valence-electron chi connectivity index (χ3n) is 1.59. The van der Waals surface area contributed by atoms with Crippen molar-refractivity contribution in [3.05, 3.63) is 30.6 Å². The molecule has 3 nitrogen and oxygen atoms in total. The molecular formula is C9H13N3. The van der Waals surface area contributed by atoms with Crippen LogP contribution in [-0.4, -0.2) is 11.5 Å². The molecule has 0 aromatic carbocycles. The maximum atomic E-state index is 5.48. The van der Waals surface area contributed by atoms with Gasteiger partial charge in [-0.3, -0.25) is 4.98 Å². The molecule has 0 bridgehead atoms. The van der Waals surface area contributed by atoms with Crippen molar-refractivity contribution in [3.63, 3.8) is 0 Å². The number of aromatic nitrogens is 1. The Morgan fingerprint density at radius 1 is 1.50 bits per heavy atom. The summed E-state index contributed by atoms with van der Waals surface area (Å²) in [7, 11) is 0. The Bertz CT molecular complexity index is 264. The van der Waals surface area contributed by atoms with Crippen molar-refractivity contribution in [2.24, 2.45) is 5.73 Å². The molecule has 12 heavy (non-hydrogen) atoms. The summed E-state index contributed by atoms with van der Waals surface area (Å²) in [5, 5.41) is 0. The Hall–Kier alpha value is -1.35. The zero-order valence-electron chi connectivity index (χ0n) is 6.96. The minimum atomic E-state index is 0.602. The number of anilines is 1. The molecular weight excluding hydrogens is 150 g/mol. The standard InChI is InChI=1S/C9H13N3/c1-7(4-5-10)9-3-2-8(11)6-12-9/h2-3,6H,1,4-5,10-11H2. The topological polar surface area (TPSA) is 64.9 Å². The second-order valence-corrected chi connectivity index (χ2v) is 2.62. The van der Waals surface area contributed by atoms with E-state index in [2.05, 4.69) is 11.6 Å². The lowest BCUT2D eigenvalue weighted by atomic mass is 10.1. The van der Waals surface area contributed by atoms with Crippen LogP contribution in [0, 0.1) is 0 Å². The molecule has 0 unspecified atom stereocenters. The minimum absolute atomic E-state index is 0.602. The van der Waals surface area contributed by atoms with Gasteiger partial charge >= 0.3 is 0 Å². The van der Waals surface area contributed by atoms with Crippen molar-refractivity contribution in [3.8, 4) is 0 Å². The van der Waals surface area contributed by atoms with Crippen molar-refractivity contribution in [2.45, 2.75) is 6.42 Å². The molecule has 1 heterocycles. The van der Waals surface area contributed by atoms with Crippen molar-refractivity contribution in [1.82, 2.24) is 4.98 Å². The van der Waals surface area contributed by atoms with E-state index in [1.807, 2.05) is 12.1 Å². The van der Waals surface area contributed by atoms with Crippen LogP contribution in [0.4, 0.5) is 5.69 Å². The van der Waals surface area contributed by atoms with Gasteiger partial charge in [0, 0.05) is 0 Å². The average Bonchev–Trinajstić information content (AvgIpc) is 2.06. The maximum Gasteiger partial charge on any atom is 0.0657 e. The SMILES string of the molecule is C=C(CCN)c1ccc(N)cn1. The van der Waals surface area contributed by atoms with E-state index in [0.29, 0.717) is 12.2 Å². The molecule has 1 aromatic heterocycles. The molecule has 0 spiro atoms. The van der Waals surface area contributed by atoms with E-state index in [4.69, 9.17) is 11.5 Å². The molecule has 1 rings (SSSR count). The molecule has 0 radical (unpaired) electrons. The van der Waals surface area contributed by atoms with Gasteiger partial charge in [-0.25, -0.2) is 0 Å². The van der Waals surface area contributed by atoms with Gasteiger partial charge in [0.1, 0.15) is 0 Å². The van der Waals surface area contributed by atoms with Crippen molar-refractivity contribution < 1.29 is 0 Å². The van der Waals surface area contributed by atoms with E-state index in [0.717, 1.165) is 17.7 Å². The first-order chi connectivity index (χ1) is 5.74. The maximum absolute atomic E-state index is 5.48. The van der Waals surface area contributed by atoms with Gasteiger partial charge in [0.2, 0.25) is 0 Å². The summed E-state index contributed by atoms with van der Waals surface area (Å²) in [5.74, 6) is 0. The van der Waals surface area contributed by atoms with Crippen LogP contribution in [0.2, 0.25) is 0 Å². The summed E-state index contributed by atoms with van der Waals surface area (Å²) in [5.41, 5.74) is 13.4. The number of pyridine rings is 1. The fourth-order valence-electron chi connectivity index (χ4n) is 0.917. The van der Waals surface area contributed by atoms with Crippen molar-refractivity contribution >= 4 is 11.3 Å². The number of nitrogen functional groups attached to an aromatic ring is 1. The summed E-state index contributed by atoms with van der Waals surface area (Å²) in [6, 6.07) is 3.66. The van der Waals surface area contributed by atoms with Crippen molar-refractivity contribution in [1.29, 1.82) is 0 Å². The fraction of sp³-hybridized carbons (Fsp3) is 0.222. The van der Waals surface area contributed by atoms with E-state index in [1.54, 1.807) is 6.20 Å². The second kappa shape index (κ2) is 3.88. The van der Waals surface area contributed by atoms with Gasteiger partial charge in [-0.15, -0.1) is 0 Å².